The van der Waals surface area contributed by atoms with Gasteiger partial charge in [-0.05, 0) is 58.5 Å². The number of rotatable bonds is 7. The monoisotopic (exact) mass is 490 g/mol. The molecule has 2 aliphatic rings. The first-order valence-electron chi connectivity index (χ1n) is 12.0. The molecule has 1 spiro atoms. The van der Waals surface area contributed by atoms with E-state index in [1.807, 2.05) is 64.2 Å². The molecular weight excluding hydrogens is 460 g/mol. The van der Waals surface area contributed by atoms with Crippen molar-refractivity contribution in [1.29, 1.82) is 0 Å². The lowest BCUT2D eigenvalue weighted by atomic mass is 9.71. The van der Waals surface area contributed by atoms with Gasteiger partial charge in [-0.1, -0.05) is 42.5 Å². The van der Waals surface area contributed by atoms with Crippen molar-refractivity contribution >= 4 is 23.2 Å². The number of hydrogen-bond donors (Lipinski definition) is 1. The molecule has 6 nitrogen and oxygen atoms in total. The molecule has 182 valence electrons. The molecule has 7 heteroatoms. The summed E-state index contributed by atoms with van der Waals surface area (Å²) >= 11 is 1.62. The van der Waals surface area contributed by atoms with Gasteiger partial charge in [-0.3, -0.25) is 9.59 Å². The number of fused-ring (bicyclic) bond motifs is 2. The van der Waals surface area contributed by atoms with Crippen LogP contribution in [0.15, 0.2) is 71.4 Å². The minimum absolute atomic E-state index is 0.0586. The maximum Gasteiger partial charge on any atom is 0.258 e. The van der Waals surface area contributed by atoms with Crippen LogP contribution in [0.4, 0.5) is 0 Å². The van der Waals surface area contributed by atoms with E-state index in [0.29, 0.717) is 25.3 Å². The molecule has 5 rings (SSSR count). The van der Waals surface area contributed by atoms with Crippen LogP contribution in [-0.4, -0.2) is 49.6 Å². The maximum absolute atomic E-state index is 12.9. The summed E-state index contributed by atoms with van der Waals surface area (Å²) in [6, 6.07) is 19.3. The molecule has 3 aromatic rings. The Morgan fingerprint density at radius 2 is 1.80 bits per heavy atom. The molecule has 0 unspecified atom stereocenters. The van der Waals surface area contributed by atoms with E-state index >= 15 is 0 Å². The largest absolute Gasteiger partial charge is 0.484 e. The third kappa shape index (κ3) is 4.70. The summed E-state index contributed by atoms with van der Waals surface area (Å²) in [5.41, 5.74) is 3.13. The maximum atomic E-state index is 12.9. The van der Waals surface area contributed by atoms with E-state index in [1.54, 1.807) is 18.4 Å². The Balaban J connectivity index is 1.30. The highest BCUT2D eigenvalue weighted by Crippen LogP contribution is 2.52. The first kappa shape index (κ1) is 23.6. The smallest absolute Gasteiger partial charge is 0.258 e. The van der Waals surface area contributed by atoms with Crippen molar-refractivity contribution in [3.63, 3.8) is 0 Å². The Bertz CT molecular complexity index is 1160. The topological polar surface area (TPSA) is 67.9 Å². The summed E-state index contributed by atoms with van der Waals surface area (Å²) in [6.07, 6.45) is 1.82. The molecule has 0 radical (unpaired) electrons. The van der Waals surface area contributed by atoms with E-state index in [9.17, 15) is 9.59 Å². The number of ether oxygens (including phenoxy) is 2. The number of piperidine rings is 1. The zero-order chi connectivity index (χ0) is 24.3. The van der Waals surface area contributed by atoms with Crippen molar-refractivity contribution in [3.05, 3.63) is 88.1 Å². The molecule has 0 saturated carbocycles. The second-order valence-electron chi connectivity index (χ2n) is 9.24. The van der Waals surface area contributed by atoms with Crippen molar-refractivity contribution in [1.82, 2.24) is 10.2 Å². The van der Waals surface area contributed by atoms with E-state index in [2.05, 4.69) is 17.4 Å². The van der Waals surface area contributed by atoms with Crippen LogP contribution in [0.1, 0.15) is 35.6 Å². The van der Waals surface area contributed by atoms with Crippen LogP contribution in [-0.2, 0) is 26.2 Å². The molecule has 1 aromatic heterocycles. The van der Waals surface area contributed by atoms with Crippen LogP contribution >= 0.6 is 11.3 Å². The van der Waals surface area contributed by atoms with Gasteiger partial charge in [-0.2, -0.15) is 11.3 Å². The highest BCUT2D eigenvalue weighted by Gasteiger charge is 2.54. The summed E-state index contributed by atoms with van der Waals surface area (Å²) in [5, 5.41) is 7.21. The molecule has 1 aliphatic heterocycles. The fourth-order valence-electron chi connectivity index (χ4n) is 5.64. The average molecular weight is 491 g/mol. The van der Waals surface area contributed by atoms with Gasteiger partial charge in [0.05, 0.1) is 18.6 Å². The molecule has 1 aliphatic carbocycles. The molecule has 2 heterocycles. The quantitative estimate of drug-likeness (QED) is 0.541. The van der Waals surface area contributed by atoms with Gasteiger partial charge in [0.1, 0.15) is 5.75 Å². The number of nitrogens with one attached hydrogen (secondary N) is 1. The van der Waals surface area contributed by atoms with Crippen molar-refractivity contribution in [2.45, 2.75) is 36.8 Å². The summed E-state index contributed by atoms with van der Waals surface area (Å²) in [7, 11) is 1.71. The van der Waals surface area contributed by atoms with E-state index in [4.69, 9.17) is 9.47 Å². The average Bonchev–Trinajstić information content (AvgIpc) is 3.49. The molecule has 0 bridgehead atoms. The molecule has 1 N–H and O–H groups in total. The van der Waals surface area contributed by atoms with Gasteiger partial charge in [-0.15, -0.1) is 0 Å². The van der Waals surface area contributed by atoms with Crippen LogP contribution in [0.25, 0.3) is 0 Å². The minimum Gasteiger partial charge on any atom is -0.484 e. The molecular formula is C28H30N2O4S. The van der Waals surface area contributed by atoms with Crippen LogP contribution in [0.2, 0.25) is 0 Å². The standard InChI is InChI=1S/C28H30N2O4S/c1-33-27-26(29-24(31)18-34-21-7-3-2-4-8-21)22-9-5-6-10-23(22)28(27)12-14-30(15-13-28)25(32)17-20-11-16-35-19-20/h2-11,16,19,26-27H,12-15,17-18H2,1H3,(H,29,31)/t26-,27+/m1/s1. The molecule has 1 fully saturated rings. The van der Waals surface area contributed by atoms with Crippen molar-refractivity contribution in [2.24, 2.45) is 0 Å². The van der Waals surface area contributed by atoms with Gasteiger partial charge in [0.2, 0.25) is 5.91 Å². The first-order valence-corrected chi connectivity index (χ1v) is 12.9. The number of benzene rings is 2. The Kier molecular flexibility index (Phi) is 6.88. The minimum atomic E-state index is -0.267. The number of carbonyl (C=O) groups excluding carboxylic acids is 2. The summed E-state index contributed by atoms with van der Waals surface area (Å²) in [6.45, 7) is 1.29. The number of hydrogen-bond acceptors (Lipinski definition) is 5. The zero-order valence-corrected chi connectivity index (χ0v) is 20.6. The van der Waals surface area contributed by atoms with Crippen LogP contribution in [0.3, 0.4) is 0 Å². The fraction of sp³-hybridized carbons (Fsp3) is 0.357. The third-order valence-corrected chi connectivity index (χ3v) is 8.04. The third-order valence-electron chi connectivity index (χ3n) is 7.31. The summed E-state index contributed by atoms with van der Waals surface area (Å²) in [4.78, 5) is 27.7. The Morgan fingerprint density at radius 1 is 1.06 bits per heavy atom. The predicted molar refractivity (Wildman–Crippen MR) is 136 cm³/mol. The summed E-state index contributed by atoms with van der Waals surface area (Å²) in [5.74, 6) is 0.645. The van der Waals surface area contributed by atoms with E-state index in [-0.39, 0.29) is 36.0 Å². The molecule has 35 heavy (non-hydrogen) atoms. The molecule has 1 saturated heterocycles. The lowest BCUT2D eigenvalue weighted by Crippen LogP contribution is -2.52. The highest BCUT2D eigenvalue weighted by molar-refractivity contribution is 7.08. The lowest BCUT2D eigenvalue weighted by molar-refractivity contribution is -0.133. The van der Waals surface area contributed by atoms with Crippen LogP contribution < -0.4 is 10.1 Å². The van der Waals surface area contributed by atoms with Gasteiger partial charge in [0, 0.05) is 25.6 Å². The lowest BCUT2D eigenvalue weighted by Gasteiger charge is -2.44. The van der Waals surface area contributed by atoms with E-state index in [0.717, 1.165) is 24.0 Å². The van der Waals surface area contributed by atoms with Crippen LogP contribution in [0.5, 0.6) is 5.75 Å². The number of nitrogens with zero attached hydrogens (tertiary/aromatic N) is 1. The number of carbonyl (C=O) groups is 2. The first-order chi connectivity index (χ1) is 17.1. The second-order valence-corrected chi connectivity index (χ2v) is 10.0. The van der Waals surface area contributed by atoms with Gasteiger partial charge >= 0.3 is 0 Å². The van der Waals surface area contributed by atoms with Gasteiger partial charge in [-0.25, -0.2) is 0 Å². The molecule has 2 amide bonds. The normalized spacial score (nSPS) is 20.4. The van der Waals surface area contributed by atoms with Crippen molar-refractivity contribution < 1.29 is 19.1 Å². The highest BCUT2D eigenvalue weighted by atomic mass is 32.1. The van der Waals surface area contributed by atoms with Gasteiger partial charge < -0.3 is 19.7 Å². The Morgan fingerprint density at radius 3 is 2.51 bits per heavy atom. The number of para-hydroxylation sites is 1. The fourth-order valence-corrected chi connectivity index (χ4v) is 6.31. The van der Waals surface area contributed by atoms with Crippen LogP contribution in [0, 0.1) is 0 Å². The number of thiophene rings is 1. The molecule has 2 atom stereocenters. The van der Waals surface area contributed by atoms with Crippen molar-refractivity contribution in [3.8, 4) is 5.75 Å². The van der Waals surface area contributed by atoms with E-state index < -0.39 is 0 Å². The number of amides is 2. The van der Waals surface area contributed by atoms with E-state index in [1.165, 1.54) is 5.56 Å². The zero-order valence-electron chi connectivity index (χ0n) is 19.8. The Labute approximate surface area is 209 Å². The van der Waals surface area contributed by atoms with Crippen molar-refractivity contribution in [2.75, 3.05) is 26.8 Å². The number of methoxy groups -OCH3 is 1. The predicted octanol–water partition coefficient (Wildman–Crippen LogP) is 4.12. The van der Waals surface area contributed by atoms with Gasteiger partial charge in [0.15, 0.2) is 6.61 Å². The SMILES string of the molecule is CO[C@H]1[C@H](NC(=O)COc2ccccc2)c2ccccc2C12CCN(C(=O)Cc1ccsc1)CC2. The number of likely N-dealkylation sites (tertiary alicyclic amines) is 1. The Hall–Kier alpha value is -3.16. The molecule has 2 aromatic carbocycles. The van der Waals surface area contributed by atoms with Gasteiger partial charge in [0.25, 0.3) is 5.91 Å². The summed E-state index contributed by atoms with van der Waals surface area (Å²) < 4.78 is 11.7. The second kappa shape index (κ2) is 10.2.